The van der Waals surface area contributed by atoms with E-state index in [-0.39, 0.29) is 0 Å². The van der Waals surface area contributed by atoms with Gasteiger partial charge in [-0.2, -0.15) is 5.11 Å². The number of fused-ring (bicyclic) bond motifs is 1. The molecule has 0 fully saturated rings. The minimum absolute atomic E-state index is 0.648. The van der Waals surface area contributed by atoms with Crippen LogP contribution in [0.15, 0.2) is 65.0 Å². The van der Waals surface area contributed by atoms with Crippen LogP contribution in [0.1, 0.15) is 5.56 Å². The van der Waals surface area contributed by atoms with Gasteiger partial charge in [0, 0.05) is 11.6 Å². The largest absolute Gasteiger partial charge is 0.397 e. The molecule has 0 radical (unpaired) electrons. The number of anilines is 1. The zero-order chi connectivity index (χ0) is 13.9. The number of hydrogen-bond donors (Lipinski definition) is 1. The van der Waals surface area contributed by atoms with Crippen LogP contribution >= 0.6 is 0 Å². The highest BCUT2D eigenvalue weighted by Crippen LogP contribution is 2.29. The van der Waals surface area contributed by atoms with Crippen molar-refractivity contribution < 1.29 is 0 Å². The van der Waals surface area contributed by atoms with Crippen LogP contribution in [0.25, 0.3) is 10.9 Å². The third-order valence-corrected chi connectivity index (χ3v) is 3.09. The maximum absolute atomic E-state index is 5.91. The molecule has 0 saturated carbocycles. The normalized spacial score (nSPS) is 11.2. The standard InChI is InChI=1S/C16H14N4/c1-11-4-6-12(7-5-11)19-20-15-9-8-14(17)16-13(15)3-2-10-18-16/h2-10H,17H2,1H3. The summed E-state index contributed by atoms with van der Waals surface area (Å²) < 4.78 is 0. The van der Waals surface area contributed by atoms with Crippen LogP contribution in [0.5, 0.6) is 0 Å². The summed E-state index contributed by atoms with van der Waals surface area (Å²) in [5.41, 5.74) is 10.1. The lowest BCUT2D eigenvalue weighted by molar-refractivity contribution is 1.23. The zero-order valence-electron chi connectivity index (χ0n) is 11.1. The van der Waals surface area contributed by atoms with Crippen LogP contribution in [0.2, 0.25) is 0 Å². The molecule has 2 aromatic carbocycles. The Labute approximate surface area is 117 Å². The Morgan fingerprint density at radius 2 is 1.75 bits per heavy atom. The van der Waals surface area contributed by atoms with E-state index in [4.69, 9.17) is 5.73 Å². The van der Waals surface area contributed by atoms with E-state index in [0.717, 1.165) is 22.3 Å². The number of nitrogen functional groups attached to an aromatic ring is 1. The fourth-order valence-electron chi connectivity index (χ4n) is 1.99. The quantitative estimate of drug-likeness (QED) is 0.544. The number of aryl methyl sites for hydroxylation is 1. The second-order valence-electron chi connectivity index (χ2n) is 4.61. The van der Waals surface area contributed by atoms with Gasteiger partial charge >= 0.3 is 0 Å². The van der Waals surface area contributed by atoms with Crippen molar-refractivity contribution in [2.45, 2.75) is 6.92 Å². The second-order valence-corrected chi connectivity index (χ2v) is 4.61. The molecule has 4 nitrogen and oxygen atoms in total. The van der Waals surface area contributed by atoms with Crippen LogP contribution in [-0.4, -0.2) is 4.98 Å². The van der Waals surface area contributed by atoms with E-state index in [2.05, 4.69) is 15.2 Å². The van der Waals surface area contributed by atoms with Crippen LogP contribution < -0.4 is 5.73 Å². The van der Waals surface area contributed by atoms with Crippen molar-refractivity contribution in [2.75, 3.05) is 5.73 Å². The Balaban J connectivity index is 2.03. The Morgan fingerprint density at radius 3 is 2.55 bits per heavy atom. The number of pyridine rings is 1. The molecule has 2 N–H and O–H groups in total. The lowest BCUT2D eigenvalue weighted by atomic mass is 10.1. The molecule has 0 spiro atoms. The van der Waals surface area contributed by atoms with Gasteiger partial charge in [-0.05, 0) is 43.3 Å². The molecule has 1 heterocycles. The Bertz CT molecular complexity index is 776. The molecule has 3 rings (SSSR count). The molecular weight excluding hydrogens is 248 g/mol. The maximum Gasteiger partial charge on any atom is 0.0953 e. The Hall–Kier alpha value is -2.75. The summed E-state index contributed by atoms with van der Waals surface area (Å²) in [6.45, 7) is 2.04. The molecular formula is C16H14N4. The molecule has 0 aliphatic carbocycles. The fraction of sp³-hybridized carbons (Fsp3) is 0.0625. The molecule has 1 aromatic heterocycles. The maximum atomic E-state index is 5.91. The van der Waals surface area contributed by atoms with E-state index in [1.807, 2.05) is 49.4 Å². The molecule has 0 unspecified atom stereocenters. The van der Waals surface area contributed by atoms with Gasteiger partial charge in [0.25, 0.3) is 0 Å². The first-order valence-electron chi connectivity index (χ1n) is 6.36. The van der Waals surface area contributed by atoms with E-state index in [1.165, 1.54) is 5.56 Å². The molecule has 98 valence electrons. The van der Waals surface area contributed by atoms with E-state index in [9.17, 15) is 0 Å². The molecule has 20 heavy (non-hydrogen) atoms. The summed E-state index contributed by atoms with van der Waals surface area (Å²) in [6.07, 6.45) is 1.72. The monoisotopic (exact) mass is 262 g/mol. The topological polar surface area (TPSA) is 63.6 Å². The van der Waals surface area contributed by atoms with Crippen LogP contribution in [0.3, 0.4) is 0 Å². The average molecular weight is 262 g/mol. The van der Waals surface area contributed by atoms with Gasteiger partial charge in [0.1, 0.15) is 0 Å². The van der Waals surface area contributed by atoms with Crippen molar-refractivity contribution in [3.8, 4) is 0 Å². The van der Waals surface area contributed by atoms with Crippen molar-refractivity contribution in [1.82, 2.24) is 4.98 Å². The van der Waals surface area contributed by atoms with Gasteiger partial charge in [-0.3, -0.25) is 4.98 Å². The van der Waals surface area contributed by atoms with Gasteiger partial charge in [0.15, 0.2) is 0 Å². The average Bonchev–Trinajstić information content (AvgIpc) is 2.49. The van der Waals surface area contributed by atoms with Gasteiger partial charge in [0.2, 0.25) is 0 Å². The van der Waals surface area contributed by atoms with Crippen molar-refractivity contribution in [1.29, 1.82) is 0 Å². The molecule has 0 aliphatic heterocycles. The van der Waals surface area contributed by atoms with Crippen molar-refractivity contribution >= 4 is 28.0 Å². The number of azo groups is 1. The summed E-state index contributed by atoms with van der Waals surface area (Å²) in [6, 6.07) is 15.4. The lowest BCUT2D eigenvalue weighted by Crippen LogP contribution is -1.88. The highest BCUT2D eigenvalue weighted by molar-refractivity contribution is 5.97. The summed E-state index contributed by atoms with van der Waals surface area (Å²) >= 11 is 0. The first kappa shape index (κ1) is 12.3. The third-order valence-electron chi connectivity index (χ3n) is 3.09. The highest BCUT2D eigenvalue weighted by Gasteiger charge is 2.03. The summed E-state index contributed by atoms with van der Waals surface area (Å²) in [7, 11) is 0. The van der Waals surface area contributed by atoms with E-state index in [0.29, 0.717) is 5.69 Å². The van der Waals surface area contributed by atoms with Gasteiger partial charge in [-0.25, -0.2) is 0 Å². The summed E-state index contributed by atoms with van der Waals surface area (Å²) in [5, 5.41) is 9.46. The smallest absolute Gasteiger partial charge is 0.0953 e. The van der Waals surface area contributed by atoms with Crippen LogP contribution in [0.4, 0.5) is 17.1 Å². The molecule has 0 aliphatic rings. The van der Waals surface area contributed by atoms with Gasteiger partial charge in [-0.15, -0.1) is 5.11 Å². The summed E-state index contributed by atoms with van der Waals surface area (Å²) in [5.74, 6) is 0. The Kier molecular flexibility index (Phi) is 3.13. The van der Waals surface area contributed by atoms with Crippen molar-refractivity contribution in [3.63, 3.8) is 0 Å². The molecule has 3 aromatic rings. The van der Waals surface area contributed by atoms with E-state index >= 15 is 0 Å². The van der Waals surface area contributed by atoms with Crippen molar-refractivity contribution in [3.05, 3.63) is 60.3 Å². The summed E-state index contributed by atoms with van der Waals surface area (Å²) in [4.78, 5) is 4.28. The number of hydrogen-bond acceptors (Lipinski definition) is 4. The van der Waals surface area contributed by atoms with Gasteiger partial charge in [-0.1, -0.05) is 17.7 Å². The predicted molar refractivity (Wildman–Crippen MR) is 81.5 cm³/mol. The van der Waals surface area contributed by atoms with Crippen LogP contribution in [0, 0.1) is 6.92 Å². The molecule has 0 amide bonds. The fourth-order valence-corrected chi connectivity index (χ4v) is 1.99. The highest BCUT2D eigenvalue weighted by atomic mass is 15.1. The minimum Gasteiger partial charge on any atom is -0.397 e. The van der Waals surface area contributed by atoms with Gasteiger partial charge in [0.05, 0.1) is 22.6 Å². The first-order chi connectivity index (χ1) is 9.74. The molecule has 4 heteroatoms. The molecule has 0 atom stereocenters. The van der Waals surface area contributed by atoms with Gasteiger partial charge < -0.3 is 5.73 Å². The van der Waals surface area contributed by atoms with E-state index in [1.54, 1.807) is 12.3 Å². The third kappa shape index (κ3) is 2.36. The number of nitrogens with two attached hydrogens (primary N) is 1. The number of rotatable bonds is 2. The molecule has 0 saturated heterocycles. The number of nitrogens with zero attached hydrogens (tertiary/aromatic N) is 3. The lowest BCUT2D eigenvalue weighted by Gasteiger charge is -2.03. The number of aromatic nitrogens is 1. The second kappa shape index (κ2) is 5.09. The zero-order valence-corrected chi connectivity index (χ0v) is 11.1. The predicted octanol–water partition coefficient (Wildman–Crippen LogP) is 4.54. The SMILES string of the molecule is Cc1ccc(N=Nc2ccc(N)c3ncccc23)cc1. The Morgan fingerprint density at radius 1 is 0.950 bits per heavy atom. The number of benzene rings is 2. The first-order valence-corrected chi connectivity index (χ1v) is 6.36. The van der Waals surface area contributed by atoms with E-state index < -0.39 is 0 Å². The van der Waals surface area contributed by atoms with Crippen molar-refractivity contribution in [2.24, 2.45) is 10.2 Å². The molecule has 0 bridgehead atoms. The minimum atomic E-state index is 0.648. The van der Waals surface area contributed by atoms with Crippen LogP contribution in [-0.2, 0) is 0 Å².